The van der Waals surface area contributed by atoms with Gasteiger partial charge in [-0.1, -0.05) is 0 Å². The van der Waals surface area contributed by atoms with Gasteiger partial charge in [-0.15, -0.1) is 0 Å². The van der Waals surface area contributed by atoms with Crippen molar-refractivity contribution in [3.8, 4) is 0 Å². The quantitative estimate of drug-likeness (QED) is 0.408. The molecule has 0 fully saturated rings. The van der Waals surface area contributed by atoms with Gasteiger partial charge >= 0.3 is 122 Å². The van der Waals surface area contributed by atoms with Crippen LogP contribution in [0, 0.1) is 0 Å². The zero-order valence-electron chi connectivity index (χ0n) is 6.16. The summed E-state index contributed by atoms with van der Waals surface area (Å²) in [4.78, 5) is 34.1. The Morgan fingerprint density at radius 2 is 0.727 bits per heavy atom. The molecule has 0 saturated carbocycles. The maximum absolute atomic E-state index is 8.52. The maximum atomic E-state index is 8.52. The summed E-state index contributed by atoms with van der Waals surface area (Å²) in [6.07, 6.45) is 0. The fraction of sp³-hybridized carbons (Fsp3) is 0. The topological polar surface area (TPSA) is 126 Å². The number of hydrogen-bond acceptors (Lipinski definition) is 6. The summed E-state index contributed by atoms with van der Waals surface area (Å²) in [5.41, 5.74) is 0. The van der Waals surface area contributed by atoms with Gasteiger partial charge in [-0.3, -0.25) is 0 Å². The van der Waals surface area contributed by atoms with E-state index in [4.69, 9.17) is 28.1 Å². The first-order valence-corrected chi connectivity index (χ1v) is 3.67. The smallest absolute Gasteiger partial charge is 0.672 e. The first-order valence-electron chi connectivity index (χ1n) is 1.22. The fourth-order valence-electron chi connectivity index (χ4n) is 0. The van der Waals surface area contributed by atoms with E-state index in [1.807, 2.05) is 0 Å². The van der Waals surface area contributed by atoms with Crippen LogP contribution in [0.2, 0.25) is 0 Å². The Hall–Kier alpha value is 3.13. The van der Waals surface area contributed by atoms with E-state index in [9.17, 15) is 0 Å². The second-order valence-corrected chi connectivity index (χ2v) is 1.50. The Labute approximate surface area is 164 Å². The molecule has 0 aliphatic heterocycles. The largest absolute Gasteiger partial charge is 2.00 e. The maximum Gasteiger partial charge on any atom is 2.00 e. The van der Waals surface area contributed by atoms with Crippen LogP contribution in [0.25, 0.3) is 0 Å². The second kappa shape index (κ2) is 23.2. The molecule has 0 bridgehead atoms. The van der Waals surface area contributed by atoms with Crippen molar-refractivity contribution < 1.29 is 150 Å². The van der Waals surface area contributed by atoms with Crippen molar-refractivity contribution in [2.24, 2.45) is 0 Å². The van der Waals surface area contributed by atoms with E-state index in [0.29, 0.717) is 0 Å². The molecular formula is K2O6Si2Zn. The van der Waals surface area contributed by atoms with Gasteiger partial charge in [0.25, 0.3) is 0 Å². The molecule has 6 nitrogen and oxygen atoms in total. The molecule has 0 aromatic carbocycles. The molecule has 0 N–H and O–H groups in total. The summed E-state index contributed by atoms with van der Waals surface area (Å²) < 4.78 is 17.0. The monoisotopic (exact) mass is 294 g/mol. The van der Waals surface area contributed by atoms with Crippen molar-refractivity contribution in [1.82, 2.24) is 0 Å². The molecule has 0 amide bonds. The molecule has 0 rings (SSSR count). The predicted octanol–water partition coefficient (Wildman–Crippen LogP) is -11.7. The van der Waals surface area contributed by atoms with Crippen LogP contribution in [-0.2, 0) is 28.4 Å². The molecule has 0 aliphatic rings. The van der Waals surface area contributed by atoms with E-state index in [2.05, 4.69) is 0 Å². The minimum atomic E-state index is -3.63. The number of hydrogen-bond donors (Lipinski definition) is 0. The molecule has 0 radical (unpaired) electrons. The van der Waals surface area contributed by atoms with E-state index in [-0.39, 0.29) is 122 Å². The average molecular weight is 296 g/mol. The third kappa shape index (κ3) is 166. The van der Waals surface area contributed by atoms with E-state index in [0.717, 1.165) is 0 Å². The van der Waals surface area contributed by atoms with Gasteiger partial charge < -0.3 is 28.1 Å². The third-order valence-corrected chi connectivity index (χ3v) is 0. The van der Waals surface area contributed by atoms with Gasteiger partial charge in [0.2, 0.25) is 0 Å². The molecule has 0 atom stereocenters. The third-order valence-electron chi connectivity index (χ3n) is 0. The first kappa shape index (κ1) is 29.2. The minimum absolute atomic E-state index is 0. The molecule has 0 aromatic heterocycles. The Kier molecular flexibility index (Phi) is 61.6. The molecule has 48 valence electrons. The minimum Gasteiger partial charge on any atom is -0.672 e. The zero-order valence-corrected chi connectivity index (χ0v) is 17.4. The van der Waals surface area contributed by atoms with Gasteiger partial charge in [0.1, 0.15) is 0 Å². The Morgan fingerprint density at radius 3 is 0.727 bits per heavy atom. The molecule has 0 heterocycles. The molecule has 11 heavy (non-hydrogen) atoms. The van der Waals surface area contributed by atoms with Crippen LogP contribution in [0.5, 0.6) is 0 Å². The van der Waals surface area contributed by atoms with Gasteiger partial charge in [-0.05, 0) is 0 Å². The summed E-state index contributed by atoms with van der Waals surface area (Å²) >= 11 is 0. The predicted molar refractivity (Wildman–Crippen MR) is 12.9 cm³/mol. The fourth-order valence-corrected chi connectivity index (χ4v) is 0. The summed E-state index contributed by atoms with van der Waals surface area (Å²) in [7, 11) is -7.26. The molecule has 0 aliphatic carbocycles. The van der Waals surface area contributed by atoms with Crippen LogP contribution in [0.3, 0.4) is 0 Å². The van der Waals surface area contributed by atoms with Gasteiger partial charge in [-0.2, -0.15) is 0 Å². The van der Waals surface area contributed by atoms with Crippen molar-refractivity contribution in [2.45, 2.75) is 0 Å². The van der Waals surface area contributed by atoms with Crippen LogP contribution < -0.4 is 122 Å². The van der Waals surface area contributed by atoms with E-state index >= 15 is 0 Å². The van der Waals surface area contributed by atoms with Gasteiger partial charge in [0.15, 0.2) is 0 Å². The standard InChI is InChI=1S/2K.2O3Si.Zn/c;;2*1-4(2)3;/q2*+1;2*-2;+2. The Bertz CT molecular complexity index is 76.6. The second-order valence-electron chi connectivity index (χ2n) is 0.500. The summed E-state index contributed by atoms with van der Waals surface area (Å²) in [6, 6.07) is 0. The SMILES string of the molecule is O=[Si]([O-])[O-].O=[Si]([O-])[O-].[K+].[K+].[Zn+2]. The van der Waals surface area contributed by atoms with Crippen molar-refractivity contribution >= 4 is 18.3 Å². The average Bonchev–Trinajstić information content (AvgIpc) is 1.25. The molecule has 0 spiro atoms. The van der Waals surface area contributed by atoms with Gasteiger partial charge in [0, 0.05) is 18.3 Å². The summed E-state index contributed by atoms with van der Waals surface area (Å²) in [5, 5.41) is 0. The molecule has 0 aromatic rings. The van der Waals surface area contributed by atoms with Crippen molar-refractivity contribution in [2.75, 3.05) is 0 Å². The molecule has 0 unspecified atom stereocenters. The first-order chi connectivity index (χ1) is 3.46. The summed E-state index contributed by atoms with van der Waals surface area (Å²) in [5.74, 6) is 0. The van der Waals surface area contributed by atoms with Gasteiger partial charge in [0.05, 0.1) is 0 Å². The normalized spacial score (nSPS) is 4.36. The molecule has 0 saturated heterocycles. The Balaban J connectivity index is -0.0000000171. The van der Waals surface area contributed by atoms with E-state index < -0.39 is 18.3 Å². The van der Waals surface area contributed by atoms with Crippen LogP contribution in [0.15, 0.2) is 0 Å². The van der Waals surface area contributed by atoms with Crippen LogP contribution in [0.4, 0.5) is 0 Å². The Morgan fingerprint density at radius 1 is 0.727 bits per heavy atom. The van der Waals surface area contributed by atoms with Crippen molar-refractivity contribution in [3.05, 3.63) is 0 Å². The van der Waals surface area contributed by atoms with Crippen molar-refractivity contribution in [1.29, 1.82) is 0 Å². The number of rotatable bonds is 0. The van der Waals surface area contributed by atoms with Gasteiger partial charge in [-0.25, -0.2) is 0 Å². The van der Waals surface area contributed by atoms with Crippen LogP contribution in [0.1, 0.15) is 0 Å². The van der Waals surface area contributed by atoms with E-state index in [1.54, 1.807) is 0 Å². The van der Waals surface area contributed by atoms with Crippen LogP contribution in [-0.4, -0.2) is 18.3 Å². The molecule has 11 heteroatoms. The zero-order chi connectivity index (χ0) is 7.15. The molecular weight excluding hydrogens is 296 g/mol. The van der Waals surface area contributed by atoms with Crippen LogP contribution >= 0.6 is 0 Å². The van der Waals surface area contributed by atoms with E-state index in [1.165, 1.54) is 0 Å². The summed E-state index contributed by atoms with van der Waals surface area (Å²) in [6.45, 7) is 0. The van der Waals surface area contributed by atoms with Crippen molar-refractivity contribution in [3.63, 3.8) is 0 Å².